The van der Waals surface area contributed by atoms with Gasteiger partial charge in [0.05, 0.1) is 0 Å². The van der Waals surface area contributed by atoms with Gasteiger partial charge in [-0.15, -0.1) is 8.78 Å². The largest absolute Gasteiger partial charge is 0.144 e. The van der Waals surface area contributed by atoms with Crippen LogP contribution in [-0.2, 0) is 0 Å². The lowest BCUT2D eigenvalue weighted by molar-refractivity contribution is 0.773. The van der Waals surface area contributed by atoms with E-state index in [1.807, 2.05) is 0 Å². The molecule has 0 aliphatic rings. The molecule has 0 atom stereocenters. The highest BCUT2D eigenvalue weighted by molar-refractivity contribution is 5.42. The summed E-state index contributed by atoms with van der Waals surface area (Å²) in [4.78, 5) is 0. The van der Waals surface area contributed by atoms with Crippen molar-refractivity contribution in [1.29, 1.82) is 0 Å². The molecule has 12 heavy (non-hydrogen) atoms. The maximum atomic E-state index is 11.5. The van der Waals surface area contributed by atoms with Gasteiger partial charge in [0.15, 0.2) is 0 Å². The van der Waals surface area contributed by atoms with Crippen molar-refractivity contribution in [2.24, 2.45) is 0 Å². The monoisotopic (exact) mass is 162 g/mol. The molecule has 0 aromatic heterocycles. The van der Waals surface area contributed by atoms with E-state index in [0.717, 1.165) is 0 Å². The van der Waals surface area contributed by atoms with Crippen molar-refractivity contribution >= 4 is 0 Å². The van der Waals surface area contributed by atoms with Crippen LogP contribution in [0.15, 0.2) is 24.3 Å². The molecule has 0 saturated heterocycles. The van der Waals surface area contributed by atoms with Crippen LogP contribution < -0.4 is 0 Å². The molecular formula is C10H4F2. The van der Waals surface area contributed by atoms with Gasteiger partial charge in [0, 0.05) is 11.1 Å². The fourth-order valence-electron chi connectivity index (χ4n) is 0.784. The first kappa shape index (κ1) is 8.30. The van der Waals surface area contributed by atoms with Crippen LogP contribution in [0.3, 0.4) is 0 Å². The van der Waals surface area contributed by atoms with Crippen molar-refractivity contribution in [1.82, 2.24) is 0 Å². The van der Waals surface area contributed by atoms with E-state index in [4.69, 9.17) is 0 Å². The Hall–Kier alpha value is -1.80. The van der Waals surface area contributed by atoms with Crippen LogP contribution in [-0.4, -0.2) is 0 Å². The highest BCUT2D eigenvalue weighted by Gasteiger charge is 1.88. The third-order valence-corrected chi connectivity index (χ3v) is 1.25. The second-order valence-corrected chi connectivity index (χ2v) is 2.02. The second kappa shape index (κ2) is 4.16. The molecule has 1 aromatic rings. The van der Waals surface area contributed by atoms with Gasteiger partial charge in [0.2, 0.25) is 0 Å². The van der Waals surface area contributed by atoms with Crippen LogP contribution in [0, 0.1) is 24.2 Å². The summed E-state index contributed by atoms with van der Waals surface area (Å²) in [6.45, 7) is 0. The number of hydrogen-bond acceptors (Lipinski definition) is 0. The quantitative estimate of drug-likeness (QED) is 0.513. The summed E-state index contributed by atoms with van der Waals surface area (Å²) in [5.74, 6) is 4.40. The lowest BCUT2D eigenvalue weighted by Crippen LogP contribution is -1.76. The topological polar surface area (TPSA) is 0 Å². The Morgan fingerprint density at radius 3 is 1.83 bits per heavy atom. The van der Waals surface area contributed by atoms with Gasteiger partial charge in [-0.3, -0.25) is 0 Å². The Labute approximate surface area is 69.2 Å². The molecule has 0 N–H and O–H groups in total. The summed E-state index contributed by atoms with van der Waals surface area (Å²) >= 11 is 0. The van der Waals surface area contributed by atoms with E-state index >= 15 is 0 Å². The van der Waals surface area contributed by atoms with Gasteiger partial charge in [-0.1, -0.05) is 6.07 Å². The van der Waals surface area contributed by atoms with Gasteiger partial charge in [0.1, 0.15) is 12.3 Å². The Morgan fingerprint density at radius 2 is 1.42 bits per heavy atom. The molecule has 0 unspecified atom stereocenters. The first-order chi connectivity index (χ1) is 5.86. The minimum Gasteiger partial charge on any atom is -0.144 e. The lowest BCUT2D eigenvalue weighted by atomic mass is 10.1. The standard InChI is InChI=1S/C10H4F2/c11-6-4-9-2-1-3-10(8-9)5-7-12/h1-3,8H. The average molecular weight is 162 g/mol. The van der Waals surface area contributed by atoms with Crippen LogP contribution in [0.25, 0.3) is 0 Å². The van der Waals surface area contributed by atoms with Crippen molar-refractivity contribution in [2.45, 2.75) is 0 Å². The smallest absolute Gasteiger partial charge is 0.111 e. The lowest BCUT2D eigenvalue weighted by Gasteiger charge is -1.89. The van der Waals surface area contributed by atoms with Crippen molar-refractivity contribution in [2.75, 3.05) is 0 Å². The molecule has 0 spiro atoms. The van der Waals surface area contributed by atoms with Gasteiger partial charge < -0.3 is 0 Å². The molecule has 0 nitrogen and oxygen atoms in total. The van der Waals surface area contributed by atoms with Crippen LogP contribution in [0.4, 0.5) is 8.78 Å². The first-order valence-electron chi connectivity index (χ1n) is 3.20. The molecule has 1 rings (SSSR count). The Balaban J connectivity index is 3.06. The summed E-state index contributed by atoms with van der Waals surface area (Å²) in [6.07, 6.45) is 2.52. The van der Waals surface area contributed by atoms with E-state index < -0.39 is 0 Å². The number of halogens is 2. The molecule has 0 heterocycles. The van der Waals surface area contributed by atoms with Crippen LogP contribution in [0.5, 0.6) is 0 Å². The number of benzene rings is 1. The SMILES string of the molecule is FC#Cc1cccc(C#CF)c1. The summed E-state index contributed by atoms with van der Waals surface area (Å²) in [5, 5.41) is 0. The van der Waals surface area contributed by atoms with Gasteiger partial charge in [-0.2, -0.15) is 0 Å². The fourth-order valence-corrected chi connectivity index (χ4v) is 0.784. The third kappa shape index (κ3) is 2.11. The van der Waals surface area contributed by atoms with Crippen LogP contribution in [0.1, 0.15) is 11.1 Å². The Morgan fingerprint density at radius 1 is 0.917 bits per heavy atom. The maximum absolute atomic E-state index is 11.5. The van der Waals surface area contributed by atoms with Crippen molar-refractivity contribution < 1.29 is 8.78 Å². The minimum absolute atomic E-state index is 0.484. The predicted molar refractivity (Wildman–Crippen MR) is 42.4 cm³/mol. The summed E-state index contributed by atoms with van der Waals surface area (Å²) in [7, 11) is 0. The van der Waals surface area contributed by atoms with Gasteiger partial charge in [-0.25, -0.2) is 0 Å². The molecule has 58 valence electrons. The molecule has 0 aliphatic carbocycles. The van der Waals surface area contributed by atoms with Crippen LogP contribution >= 0.6 is 0 Å². The van der Waals surface area contributed by atoms with E-state index in [1.54, 1.807) is 18.2 Å². The van der Waals surface area contributed by atoms with Gasteiger partial charge in [-0.05, 0) is 30.0 Å². The highest BCUT2D eigenvalue weighted by Crippen LogP contribution is 2.02. The van der Waals surface area contributed by atoms with Crippen molar-refractivity contribution in [3.63, 3.8) is 0 Å². The highest BCUT2D eigenvalue weighted by atomic mass is 19.1. The molecule has 0 amide bonds. The van der Waals surface area contributed by atoms with Gasteiger partial charge >= 0.3 is 0 Å². The van der Waals surface area contributed by atoms with E-state index in [-0.39, 0.29) is 0 Å². The Kier molecular flexibility index (Phi) is 2.87. The summed E-state index contributed by atoms with van der Waals surface area (Å²) in [5.41, 5.74) is 0.968. The number of hydrogen-bond donors (Lipinski definition) is 0. The normalized spacial score (nSPS) is 7.50. The average Bonchev–Trinajstić information content (AvgIpc) is 2.06. The molecule has 0 saturated carbocycles. The van der Waals surface area contributed by atoms with E-state index in [2.05, 4.69) is 11.8 Å². The zero-order chi connectivity index (χ0) is 8.81. The minimum atomic E-state index is 0.484. The zero-order valence-electron chi connectivity index (χ0n) is 6.07. The summed E-state index contributed by atoms with van der Waals surface area (Å²) < 4.78 is 23.1. The maximum Gasteiger partial charge on any atom is 0.111 e. The molecule has 1 aromatic carbocycles. The summed E-state index contributed by atoms with van der Waals surface area (Å²) in [6, 6.07) is 6.39. The van der Waals surface area contributed by atoms with Crippen LogP contribution in [0.2, 0.25) is 0 Å². The zero-order valence-corrected chi connectivity index (χ0v) is 6.07. The molecule has 0 aliphatic heterocycles. The molecule has 2 heteroatoms. The van der Waals surface area contributed by atoms with Gasteiger partial charge in [0.25, 0.3) is 0 Å². The first-order valence-corrected chi connectivity index (χ1v) is 3.20. The Bertz CT molecular complexity index is 350. The molecular weight excluding hydrogens is 158 g/mol. The van der Waals surface area contributed by atoms with E-state index in [9.17, 15) is 8.78 Å². The van der Waals surface area contributed by atoms with Crippen molar-refractivity contribution in [3.8, 4) is 24.2 Å². The second-order valence-electron chi connectivity index (χ2n) is 2.02. The third-order valence-electron chi connectivity index (χ3n) is 1.25. The molecule has 0 bridgehead atoms. The van der Waals surface area contributed by atoms with E-state index in [0.29, 0.717) is 11.1 Å². The van der Waals surface area contributed by atoms with E-state index in [1.165, 1.54) is 18.4 Å². The fraction of sp³-hybridized carbons (Fsp3) is 0. The number of rotatable bonds is 0. The van der Waals surface area contributed by atoms with Crippen molar-refractivity contribution in [3.05, 3.63) is 35.4 Å². The molecule has 0 fully saturated rings. The predicted octanol–water partition coefficient (Wildman–Crippen LogP) is 2.24. The molecule has 0 radical (unpaired) electrons.